The number of hydrogen-bond donors (Lipinski definition) is 3. The number of aryl methyl sites for hydroxylation is 2. The molecule has 1 aliphatic carbocycles. The second kappa shape index (κ2) is 10.4. The fraction of sp³-hybridized carbons (Fsp3) is 0.640. The number of carbonyl (C=O) groups excluding carboxylic acids is 3. The molecule has 2 atom stereocenters. The van der Waals surface area contributed by atoms with Gasteiger partial charge in [-0.2, -0.15) is 12.6 Å². The molecule has 0 spiro atoms. The van der Waals surface area contributed by atoms with Gasteiger partial charge in [-0.3, -0.25) is 9.59 Å². The number of thiol groups is 1. The van der Waals surface area contributed by atoms with Crippen LogP contribution in [0.5, 0.6) is 0 Å². The van der Waals surface area contributed by atoms with Gasteiger partial charge < -0.3 is 20.3 Å². The molecular weight excluding hydrogens is 438 g/mol. The maximum Gasteiger partial charge on any atom is 0.408 e. The predicted molar refractivity (Wildman–Crippen MR) is 133 cm³/mol. The molecule has 1 aliphatic rings. The van der Waals surface area contributed by atoms with Gasteiger partial charge in [0.05, 0.1) is 0 Å². The molecule has 2 N–H and O–H groups in total. The van der Waals surface area contributed by atoms with Crippen molar-refractivity contribution in [3.63, 3.8) is 0 Å². The second-order valence-electron chi connectivity index (χ2n) is 10.9. The molecule has 7 nitrogen and oxygen atoms in total. The van der Waals surface area contributed by atoms with E-state index in [9.17, 15) is 14.4 Å². The Morgan fingerprint density at radius 3 is 2.18 bits per heavy atom. The lowest BCUT2D eigenvalue weighted by molar-refractivity contribution is -0.143. The molecule has 33 heavy (non-hydrogen) atoms. The van der Waals surface area contributed by atoms with Gasteiger partial charge >= 0.3 is 6.09 Å². The Kier molecular flexibility index (Phi) is 8.49. The number of benzene rings is 1. The van der Waals surface area contributed by atoms with Crippen LogP contribution in [-0.4, -0.2) is 51.8 Å². The Hall–Kier alpha value is -2.22. The quantitative estimate of drug-likeness (QED) is 0.517. The Labute approximate surface area is 203 Å². The first-order valence-corrected chi connectivity index (χ1v) is 12.1. The highest BCUT2D eigenvalue weighted by Gasteiger charge is 2.44. The molecule has 0 aromatic heterocycles. The summed E-state index contributed by atoms with van der Waals surface area (Å²) in [4.78, 5) is 41.3. The van der Waals surface area contributed by atoms with E-state index in [4.69, 9.17) is 4.74 Å². The van der Waals surface area contributed by atoms with Crippen LogP contribution in [0.2, 0.25) is 0 Å². The first-order chi connectivity index (χ1) is 15.1. The number of nitrogens with zero attached hydrogens (tertiary/aromatic N) is 1. The van der Waals surface area contributed by atoms with Crippen LogP contribution in [0.15, 0.2) is 18.2 Å². The summed E-state index contributed by atoms with van der Waals surface area (Å²) < 4.78 is 5.33. The number of hydrogen-bond acceptors (Lipinski definition) is 5. The number of nitrogens with one attached hydrogen (secondary N) is 2. The van der Waals surface area contributed by atoms with Gasteiger partial charge in [0.2, 0.25) is 11.8 Å². The van der Waals surface area contributed by atoms with Crippen molar-refractivity contribution in [3.05, 3.63) is 34.9 Å². The molecule has 2 rings (SSSR count). The highest BCUT2D eigenvalue weighted by atomic mass is 32.1. The van der Waals surface area contributed by atoms with E-state index in [0.29, 0.717) is 0 Å². The molecule has 0 aliphatic heterocycles. The van der Waals surface area contributed by atoms with Crippen LogP contribution in [0.1, 0.15) is 77.1 Å². The number of rotatable bonds is 7. The molecule has 1 aromatic carbocycles. The second-order valence-corrected chi connectivity index (χ2v) is 11.2. The fourth-order valence-corrected chi connectivity index (χ4v) is 3.92. The van der Waals surface area contributed by atoms with E-state index >= 15 is 0 Å². The van der Waals surface area contributed by atoms with Crippen molar-refractivity contribution in [3.8, 4) is 0 Å². The van der Waals surface area contributed by atoms with Crippen molar-refractivity contribution in [1.82, 2.24) is 15.5 Å². The summed E-state index contributed by atoms with van der Waals surface area (Å²) in [6.07, 6.45) is 0.927. The van der Waals surface area contributed by atoms with Crippen molar-refractivity contribution in [2.75, 3.05) is 5.75 Å². The average molecular weight is 478 g/mol. The monoisotopic (exact) mass is 477 g/mol. The van der Waals surface area contributed by atoms with Gasteiger partial charge in [0.1, 0.15) is 17.7 Å². The van der Waals surface area contributed by atoms with Crippen molar-refractivity contribution in [2.45, 2.75) is 97.5 Å². The van der Waals surface area contributed by atoms with Gasteiger partial charge in [0, 0.05) is 17.3 Å². The molecule has 3 amide bonds. The molecule has 1 saturated carbocycles. The topological polar surface area (TPSA) is 87.7 Å². The Morgan fingerprint density at radius 1 is 1.12 bits per heavy atom. The summed E-state index contributed by atoms with van der Waals surface area (Å²) in [5.74, 6) is -0.501. The average Bonchev–Trinajstić information content (AvgIpc) is 3.46. The van der Waals surface area contributed by atoms with E-state index in [1.54, 1.807) is 25.7 Å². The zero-order valence-electron chi connectivity index (χ0n) is 21.1. The fourth-order valence-electron chi connectivity index (χ4n) is 3.67. The van der Waals surface area contributed by atoms with Crippen LogP contribution in [0, 0.1) is 13.8 Å². The summed E-state index contributed by atoms with van der Waals surface area (Å²) in [6.45, 7) is 14.9. The zero-order valence-corrected chi connectivity index (χ0v) is 22.0. The molecular formula is C25H39N3O4S. The Bertz CT molecular complexity index is 885. The van der Waals surface area contributed by atoms with Crippen molar-refractivity contribution < 1.29 is 19.1 Å². The van der Waals surface area contributed by atoms with Crippen molar-refractivity contribution >= 4 is 30.5 Å². The minimum atomic E-state index is -0.917. The lowest BCUT2D eigenvalue weighted by Gasteiger charge is -2.36. The van der Waals surface area contributed by atoms with Crippen molar-refractivity contribution in [1.29, 1.82) is 0 Å². The van der Waals surface area contributed by atoms with Crippen LogP contribution < -0.4 is 10.6 Å². The van der Waals surface area contributed by atoms with Gasteiger partial charge in [0.15, 0.2) is 0 Å². The Morgan fingerprint density at radius 2 is 1.73 bits per heavy atom. The largest absolute Gasteiger partial charge is 0.444 e. The number of carbonyl (C=O) groups is 3. The van der Waals surface area contributed by atoms with E-state index in [2.05, 4.69) is 23.3 Å². The van der Waals surface area contributed by atoms with E-state index < -0.39 is 29.3 Å². The van der Waals surface area contributed by atoms with Crippen LogP contribution in [0.25, 0.3) is 0 Å². The van der Waals surface area contributed by atoms with Crippen LogP contribution in [-0.2, 0) is 14.3 Å². The molecule has 0 heterocycles. The predicted octanol–water partition coefficient (Wildman–Crippen LogP) is 4.07. The number of alkyl carbamates (subject to hydrolysis) is 1. The third kappa shape index (κ3) is 7.95. The summed E-state index contributed by atoms with van der Waals surface area (Å²) in [6, 6.07) is 4.07. The third-order valence-electron chi connectivity index (χ3n) is 5.11. The van der Waals surface area contributed by atoms with E-state index in [0.717, 1.165) is 29.5 Å². The molecule has 1 aromatic rings. The van der Waals surface area contributed by atoms with Gasteiger partial charge in [0.25, 0.3) is 0 Å². The molecule has 1 fully saturated rings. The first kappa shape index (κ1) is 27.0. The summed E-state index contributed by atoms with van der Waals surface area (Å²) in [7, 11) is 0. The van der Waals surface area contributed by atoms with Gasteiger partial charge in [-0.1, -0.05) is 23.8 Å². The van der Waals surface area contributed by atoms with E-state index in [-0.39, 0.29) is 23.6 Å². The van der Waals surface area contributed by atoms with Crippen LogP contribution in [0.3, 0.4) is 0 Å². The minimum Gasteiger partial charge on any atom is -0.444 e. The normalized spacial score (nSPS) is 15.9. The lowest BCUT2D eigenvalue weighted by Crippen LogP contribution is -2.56. The summed E-state index contributed by atoms with van der Waals surface area (Å²) in [5, 5.41) is 5.69. The smallest absolute Gasteiger partial charge is 0.408 e. The Balaban J connectivity index is 2.45. The van der Waals surface area contributed by atoms with Gasteiger partial charge in [-0.25, -0.2) is 4.79 Å². The maximum atomic E-state index is 13.7. The van der Waals surface area contributed by atoms with E-state index in [1.165, 1.54) is 0 Å². The third-order valence-corrected chi connectivity index (χ3v) is 5.48. The number of amides is 3. The molecule has 0 bridgehead atoms. The molecule has 2 unspecified atom stereocenters. The molecule has 184 valence electrons. The zero-order chi connectivity index (χ0) is 25.1. The van der Waals surface area contributed by atoms with Crippen LogP contribution in [0.4, 0.5) is 4.79 Å². The standard InChI is InChI=1S/C25H39N3O4S/c1-15-9-12-18(16(2)13-15)20(21(29)27-24(3,4)5)28(17-10-11-17)22(30)19(14-33)26-23(31)32-25(6,7)8/h9,12-13,17,19-20,33H,10-11,14H2,1-8H3,(H,26,31)(H,27,29). The van der Waals surface area contributed by atoms with Crippen molar-refractivity contribution in [2.24, 2.45) is 0 Å². The lowest BCUT2D eigenvalue weighted by atomic mass is 9.95. The number of ether oxygens (including phenoxy) is 1. The molecule has 8 heteroatoms. The van der Waals surface area contributed by atoms with Gasteiger partial charge in [-0.05, 0) is 79.4 Å². The van der Waals surface area contributed by atoms with Crippen LogP contribution >= 0.6 is 12.6 Å². The highest BCUT2D eigenvalue weighted by Crippen LogP contribution is 2.37. The summed E-state index contributed by atoms with van der Waals surface area (Å²) in [5.41, 5.74) is 1.63. The SMILES string of the molecule is Cc1ccc(C(C(=O)NC(C)(C)C)N(C(=O)C(CS)NC(=O)OC(C)(C)C)C2CC2)c(C)c1. The molecule has 0 saturated heterocycles. The van der Waals surface area contributed by atoms with Gasteiger partial charge in [-0.15, -0.1) is 0 Å². The maximum absolute atomic E-state index is 13.7. The summed E-state index contributed by atoms with van der Waals surface area (Å²) >= 11 is 4.32. The van der Waals surface area contributed by atoms with E-state index in [1.807, 2.05) is 52.8 Å². The minimum absolute atomic E-state index is 0.0725. The molecule has 0 radical (unpaired) electrons. The highest BCUT2D eigenvalue weighted by molar-refractivity contribution is 7.80. The first-order valence-electron chi connectivity index (χ1n) is 11.4.